The average molecular weight is 449 g/mol. The van der Waals surface area contributed by atoms with Gasteiger partial charge in [0.2, 0.25) is 5.91 Å². The molecule has 174 valence electrons. The van der Waals surface area contributed by atoms with Crippen molar-refractivity contribution in [2.24, 2.45) is 5.92 Å². The number of carboxylic acid groups (broad SMARTS) is 1. The number of aromatic nitrogens is 2. The van der Waals surface area contributed by atoms with Gasteiger partial charge in [0.05, 0.1) is 12.1 Å². The molecule has 0 radical (unpaired) electrons. The summed E-state index contributed by atoms with van der Waals surface area (Å²) in [6.07, 6.45) is 5.39. The molecule has 3 rings (SSSR count). The SMILES string of the molecule is CCCCC(=O)n1cc(CCC(C)C)n(Cc2ccc(-c3ccccc3C(=O)O)cc2)c1=O. The van der Waals surface area contributed by atoms with Crippen LogP contribution in [0.3, 0.4) is 0 Å². The van der Waals surface area contributed by atoms with Gasteiger partial charge in [0.15, 0.2) is 0 Å². The number of nitrogens with zero attached hydrogens (tertiary/aromatic N) is 2. The Hall–Kier alpha value is -3.41. The topological polar surface area (TPSA) is 81.3 Å². The lowest BCUT2D eigenvalue weighted by molar-refractivity contribution is 0.0697. The highest BCUT2D eigenvalue weighted by atomic mass is 16.4. The number of carboxylic acids is 1. The Bertz CT molecular complexity index is 1170. The Morgan fingerprint density at radius 3 is 2.36 bits per heavy atom. The van der Waals surface area contributed by atoms with Crippen molar-refractivity contribution in [2.75, 3.05) is 0 Å². The molecular weight excluding hydrogens is 416 g/mol. The lowest BCUT2D eigenvalue weighted by Crippen LogP contribution is -2.29. The molecular formula is C27H32N2O4. The number of hydrogen-bond acceptors (Lipinski definition) is 3. The number of rotatable bonds is 10. The fourth-order valence-electron chi connectivity index (χ4n) is 3.85. The first-order valence-corrected chi connectivity index (χ1v) is 11.6. The minimum absolute atomic E-state index is 0.160. The zero-order chi connectivity index (χ0) is 24.0. The maximum atomic E-state index is 13.1. The highest BCUT2D eigenvalue weighted by Crippen LogP contribution is 2.24. The van der Waals surface area contributed by atoms with E-state index in [-0.39, 0.29) is 17.2 Å². The summed E-state index contributed by atoms with van der Waals surface area (Å²) in [7, 11) is 0. The average Bonchev–Trinajstić information content (AvgIpc) is 3.11. The lowest BCUT2D eigenvalue weighted by atomic mass is 9.98. The van der Waals surface area contributed by atoms with E-state index in [4.69, 9.17) is 0 Å². The van der Waals surface area contributed by atoms with Crippen molar-refractivity contribution in [3.05, 3.63) is 82.0 Å². The van der Waals surface area contributed by atoms with E-state index in [9.17, 15) is 19.5 Å². The summed E-state index contributed by atoms with van der Waals surface area (Å²) in [5.74, 6) is -0.640. The maximum absolute atomic E-state index is 13.1. The number of hydrogen-bond donors (Lipinski definition) is 1. The van der Waals surface area contributed by atoms with Crippen LogP contribution in [0.1, 0.15) is 72.9 Å². The Morgan fingerprint density at radius 2 is 1.73 bits per heavy atom. The molecule has 33 heavy (non-hydrogen) atoms. The minimum atomic E-state index is -0.967. The van der Waals surface area contributed by atoms with Crippen molar-refractivity contribution < 1.29 is 14.7 Å². The second-order valence-corrected chi connectivity index (χ2v) is 8.84. The molecule has 1 N–H and O–H groups in total. The summed E-state index contributed by atoms with van der Waals surface area (Å²) in [5.41, 5.74) is 3.18. The molecule has 2 aromatic carbocycles. The third-order valence-electron chi connectivity index (χ3n) is 5.82. The maximum Gasteiger partial charge on any atom is 0.336 e. The molecule has 3 aromatic rings. The summed E-state index contributed by atoms with van der Waals surface area (Å²) in [6.45, 7) is 6.66. The van der Waals surface area contributed by atoms with E-state index in [1.54, 1.807) is 29.0 Å². The number of unbranched alkanes of at least 4 members (excludes halogenated alkanes) is 1. The van der Waals surface area contributed by atoms with Gasteiger partial charge in [-0.15, -0.1) is 0 Å². The second-order valence-electron chi connectivity index (χ2n) is 8.84. The van der Waals surface area contributed by atoms with Crippen LogP contribution in [0, 0.1) is 5.92 Å². The predicted molar refractivity (Wildman–Crippen MR) is 130 cm³/mol. The van der Waals surface area contributed by atoms with Crippen LogP contribution in [-0.4, -0.2) is 26.1 Å². The number of imidazole rings is 1. The van der Waals surface area contributed by atoms with Gasteiger partial charge in [-0.25, -0.2) is 14.2 Å². The van der Waals surface area contributed by atoms with Gasteiger partial charge < -0.3 is 5.11 Å². The van der Waals surface area contributed by atoms with Crippen LogP contribution in [0.15, 0.2) is 59.5 Å². The lowest BCUT2D eigenvalue weighted by Gasteiger charge is -2.10. The molecule has 0 unspecified atom stereocenters. The van der Waals surface area contributed by atoms with Crippen molar-refractivity contribution >= 4 is 11.9 Å². The van der Waals surface area contributed by atoms with Crippen LogP contribution in [0.25, 0.3) is 11.1 Å². The first-order chi connectivity index (χ1) is 15.8. The highest BCUT2D eigenvalue weighted by Gasteiger charge is 2.17. The van der Waals surface area contributed by atoms with E-state index in [0.29, 0.717) is 24.4 Å². The first-order valence-electron chi connectivity index (χ1n) is 11.6. The van der Waals surface area contributed by atoms with Gasteiger partial charge in [-0.2, -0.15) is 0 Å². The van der Waals surface area contributed by atoms with Crippen molar-refractivity contribution in [2.45, 2.75) is 59.4 Å². The highest BCUT2D eigenvalue weighted by molar-refractivity contribution is 5.96. The standard InChI is InChI=1S/C27H32N2O4/c1-4-5-10-25(30)29-18-22(16-11-19(2)3)28(27(29)33)17-20-12-14-21(15-13-20)23-8-6-7-9-24(23)26(31)32/h6-9,12-15,18-19H,4-5,10-11,16-17H2,1-3H3,(H,31,32). The molecule has 0 spiro atoms. The van der Waals surface area contributed by atoms with Gasteiger partial charge in [-0.05, 0) is 47.9 Å². The van der Waals surface area contributed by atoms with Crippen LogP contribution in [-0.2, 0) is 13.0 Å². The monoisotopic (exact) mass is 448 g/mol. The largest absolute Gasteiger partial charge is 0.478 e. The van der Waals surface area contributed by atoms with E-state index in [0.717, 1.165) is 42.5 Å². The van der Waals surface area contributed by atoms with Crippen LogP contribution in [0.5, 0.6) is 0 Å². The predicted octanol–water partition coefficient (Wildman–Crippen LogP) is 5.48. The molecule has 0 aliphatic rings. The molecule has 0 fully saturated rings. The van der Waals surface area contributed by atoms with Gasteiger partial charge in [0.1, 0.15) is 0 Å². The van der Waals surface area contributed by atoms with E-state index < -0.39 is 5.97 Å². The van der Waals surface area contributed by atoms with Crippen LogP contribution in [0.4, 0.5) is 0 Å². The summed E-state index contributed by atoms with van der Waals surface area (Å²) in [6, 6.07) is 14.5. The molecule has 1 heterocycles. The zero-order valence-electron chi connectivity index (χ0n) is 19.6. The molecule has 6 heteroatoms. The zero-order valence-corrected chi connectivity index (χ0v) is 19.6. The smallest absolute Gasteiger partial charge is 0.336 e. The first kappa shape index (κ1) is 24.2. The van der Waals surface area contributed by atoms with Crippen LogP contribution in [0.2, 0.25) is 0 Å². The molecule has 1 aromatic heterocycles. The van der Waals surface area contributed by atoms with E-state index in [1.165, 1.54) is 4.57 Å². The third-order valence-corrected chi connectivity index (χ3v) is 5.82. The molecule has 0 saturated carbocycles. The van der Waals surface area contributed by atoms with Crippen LogP contribution >= 0.6 is 0 Å². The number of benzene rings is 2. The summed E-state index contributed by atoms with van der Waals surface area (Å²) >= 11 is 0. The third kappa shape index (κ3) is 5.89. The molecule has 0 bridgehead atoms. The summed E-state index contributed by atoms with van der Waals surface area (Å²) in [4.78, 5) is 37.2. The Balaban J connectivity index is 1.90. The van der Waals surface area contributed by atoms with Crippen molar-refractivity contribution in [1.82, 2.24) is 9.13 Å². The quantitative estimate of drug-likeness (QED) is 0.445. The van der Waals surface area contributed by atoms with Gasteiger partial charge in [0, 0.05) is 18.3 Å². The second kappa shape index (κ2) is 10.9. The molecule has 0 saturated heterocycles. The molecule has 0 aliphatic heterocycles. The van der Waals surface area contributed by atoms with Crippen molar-refractivity contribution in [3.63, 3.8) is 0 Å². The van der Waals surface area contributed by atoms with E-state index >= 15 is 0 Å². The number of aromatic carboxylic acids is 1. The van der Waals surface area contributed by atoms with E-state index in [2.05, 4.69) is 13.8 Å². The number of carbonyl (C=O) groups is 2. The molecule has 6 nitrogen and oxygen atoms in total. The minimum Gasteiger partial charge on any atom is -0.478 e. The van der Waals surface area contributed by atoms with Gasteiger partial charge in [-0.1, -0.05) is 69.7 Å². The normalized spacial score (nSPS) is 11.2. The summed E-state index contributed by atoms with van der Waals surface area (Å²) < 4.78 is 2.95. The fourth-order valence-corrected chi connectivity index (χ4v) is 3.85. The summed E-state index contributed by atoms with van der Waals surface area (Å²) in [5, 5.41) is 9.46. The van der Waals surface area contributed by atoms with Gasteiger partial charge >= 0.3 is 11.7 Å². The van der Waals surface area contributed by atoms with Gasteiger partial charge in [0.25, 0.3) is 0 Å². The molecule has 0 amide bonds. The molecule has 0 atom stereocenters. The van der Waals surface area contributed by atoms with Crippen molar-refractivity contribution in [3.8, 4) is 11.1 Å². The van der Waals surface area contributed by atoms with E-state index in [1.807, 2.05) is 37.3 Å². The Labute approximate surface area is 194 Å². The number of aryl methyl sites for hydroxylation is 1. The Morgan fingerprint density at radius 1 is 1.03 bits per heavy atom. The number of carbonyl (C=O) groups excluding carboxylic acids is 1. The van der Waals surface area contributed by atoms with Gasteiger partial charge in [-0.3, -0.25) is 9.36 Å². The van der Waals surface area contributed by atoms with Crippen LogP contribution < -0.4 is 5.69 Å². The molecule has 0 aliphatic carbocycles. The fraction of sp³-hybridized carbons (Fsp3) is 0.370. The Kier molecular flexibility index (Phi) is 8.04. The van der Waals surface area contributed by atoms with Crippen molar-refractivity contribution in [1.29, 1.82) is 0 Å².